The minimum atomic E-state index is -0.556. The fourth-order valence-corrected chi connectivity index (χ4v) is 3.14. The lowest BCUT2D eigenvalue weighted by Gasteiger charge is -2.23. The normalized spacial score (nSPS) is 18.1. The second-order valence-corrected chi connectivity index (χ2v) is 6.52. The van der Waals surface area contributed by atoms with E-state index in [2.05, 4.69) is 16.0 Å². The number of fused-ring (bicyclic) bond motifs is 1. The highest BCUT2D eigenvalue weighted by Crippen LogP contribution is 2.32. The number of ether oxygens (including phenoxy) is 2. The van der Waals surface area contributed by atoms with E-state index in [-0.39, 0.29) is 11.9 Å². The highest BCUT2D eigenvalue weighted by atomic mass is 16.6. The van der Waals surface area contributed by atoms with E-state index in [1.54, 1.807) is 19.1 Å². The maximum absolute atomic E-state index is 12.2. The molecule has 0 saturated heterocycles. The summed E-state index contributed by atoms with van der Waals surface area (Å²) in [4.78, 5) is 24.2. The molecule has 1 aromatic rings. The van der Waals surface area contributed by atoms with Gasteiger partial charge in [-0.3, -0.25) is 10.1 Å². The van der Waals surface area contributed by atoms with Crippen molar-refractivity contribution in [1.29, 1.82) is 0 Å². The van der Waals surface area contributed by atoms with Gasteiger partial charge in [0.15, 0.2) is 11.5 Å². The maximum Gasteiger partial charge on any atom is 0.321 e. The minimum absolute atomic E-state index is 0.169. The van der Waals surface area contributed by atoms with Gasteiger partial charge in [-0.15, -0.1) is 0 Å². The third-order valence-corrected chi connectivity index (χ3v) is 4.50. The molecule has 3 N–H and O–H groups in total. The summed E-state index contributed by atoms with van der Waals surface area (Å²) in [5, 5.41) is 8.35. The summed E-state index contributed by atoms with van der Waals surface area (Å²) in [5.41, 5.74) is 0.736. The number of imide groups is 1. The number of carbonyl (C=O) groups is 2. The van der Waals surface area contributed by atoms with Crippen molar-refractivity contribution in [1.82, 2.24) is 10.6 Å². The van der Waals surface area contributed by atoms with Gasteiger partial charge in [-0.05, 0) is 31.9 Å². The lowest BCUT2D eigenvalue weighted by Crippen LogP contribution is -2.49. The molecule has 0 spiro atoms. The summed E-state index contributed by atoms with van der Waals surface area (Å²) in [5.74, 6) is 0.975. The highest BCUT2D eigenvalue weighted by Gasteiger charge is 2.20. The number of amides is 3. The molecule has 0 bridgehead atoms. The smallest absolute Gasteiger partial charge is 0.321 e. The molecule has 3 amide bonds. The van der Waals surface area contributed by atoms with Crippen LogP contribution in [0.25, 0.3) is 0 Å². The van der Waals surface area contributed by atoms with Crippen molar-refractivity contribution in [2.24, 2.45) is 0 Å². The molecule has 1 aliphatic heterocycles. The Bertz CT molecular complexity index is 629. The summed E-state index contributed by atoms with van der Waals surface area (Å²) in [6.07, 6.45) is 5.43. The molecule has 3 rings (SSSR count). The van der Waals surface area contributed by atoms with Crippen LogP contribution in [-0.4, -0.2) is 37.2 Å². The lowest BCUT2D eigenvalue weighted by molar-refractivity contribution is -0.120. The first-order valence-electron chi connectivity index (χ1n) is 8.89. The van der Waals surface area contributed by atoms with E-state index in [0.717, 1.165) is 31.4 Å². The van der Waals surface area contributed by atoms with Crippen molar-refractivity contribution in [2.75, 3.05) is 18.5 Å². The molecule has 1 fully saturated rings. The van der Waals surface area contributed by atoms with E-state index in [0.29, 0.717) is 24.7 Å². The first-order chi connectivity index (χ1) is 12.1. The molecule has 1 aromatic carbocycles. The first-order valence-corrected chi connectivity index (χ1v) is 8.89. The van der Waals surface area contributed by atoms with E-state index in [4.69, 9.17) is 9.47 Å². The number of nitrogens with one attached hydrogen (secondary N) is 3. The van der Waals surface area contributed by atoms with Gasteiger partial charge in [0.05, 0.1) is 0 Å². The Balaban J connectivity index is 1.49. The number of benzene rings is 1. The van der Waals surface area contributed by atoms with Crippen molar-refractivity contribution >= 4 is 17.6 Å². The molecule has 1 saturated carbocycles. The van der Waals surface area contributed by atoms with E-state index in [1.165, 1.54) is 6.42 Å². The molecular weight excluding hydrogens is 322 g/mol. The molecule has 1 aliphatic carbocycles. The largest absolute Gasteiger partial charge is 0.486 e. The summed E-state index contributed by atoms with van der Waals surface area (Å²) in [7, 11) is 0. The lowest BCUT2D eigenvalue weighted by atomic mass is 9.96. The highest BCUT2D eigenvalue weighted by molar-refractivity contribution is 5.98. The van der Waals surface area contributed by atoms with Gasteiger partial charge in [0.2, 0.25) is 5.91 Å². The van der Waals surface area contributed by atoms with Crippen LogP contribution in [0.3, 0.4) is 0 Å². The average Bonchev–Trinajstić information content (AvgIpc) is 2.62. The number of urea groups is 1. The van der Waals surface area contributed by atoms with Gasteiger partial charge in [-0.2, -0.15) is 0 Å². The van der Waals surface area contributed by atoms with Crippen molar-refractivity contribution in [3.05, 3.63) is 18.2 Å². The van der Waals surface area contributed by atoms with Gasteiger partial charge in [-0.1, -0.05) is 19.3 Å². The number of anilines is 1. The van der Waals surface area contributed by atoms with Gasteiger partial charge >= 0.3 is 6.03 Å². The second-order valence-electron chi connectivity index (χ2n) is 6.52. The Morgan fingerprint density at radius 3 is 2.56 bits per heavy atom. The Labute approximate surface area is 147 Å². The maximum atomic E-state index is 12.2. The van der Waals surface area contributed by atoms with Crippen LogP contribution in [0, 0.1) is 0 Å². The van der Waals surface area contributed by atoms with Crippen LogP contribution in [0.5, 0.6) is 11.5 Å². The summed E-state index contributed by atoms with van der Waals surface area (Å²) < 4.78 is 11.0. The topological polar surface area (TPSA) is 88.7 Å². The van der Waals surface area contributed by atoms with Gasteiger partial charge in [0.25, 0.3) is 0 Å². The van der Waals surface area contributed by atoms with Crippen molar-refractivity contribution in [2.45, 2.75) is 51.1 Å². The Kier molecular flexibility index (Phi) is 5.63. The van der Waals surface area contributed by atoms with Crippen LogP contribution in [0.1, 0.15) is 39.0 Å². The molecule has 7 heteroatoms. The predicted molar refractivity (Wildman–Crippen MR) is 94.1 cm³/mol. The fraction of sp³-hybridized carbons (Fsp3) is 0.556. The molecule has 7 nitrogen and oxygen atoms in total. The molecule has 0 aromatic heterocycles. The number of carbonyl (C=O) groups excluding carboxylic acids is 2. The van der Waals surface area contributed by atoms with Crippen LogP contribution >= 0.6 is 0 Å². The second kappa shape index (κ2) is 8.09. The average molecular weight is 347 g/mol. The number of hydrogen-bond acceptors (Lipinski definition) is 5. The molecule has 25 heavy (non-hydrogen) atoms. The van der Waals surface area contributed by atoms with Crippen LogP contribution in [0.4, 0.5) is 10.5 Å². The number of hydrogen-bond donors (Lipinski definition) is 3. The zero-order chi connectivity index (χ0) is 17.6. The SMILES string of the molecule is CC(Nc1ccc2c(c1)OCCO2)C(=O)NC(=O)NC1CCCCC1. The molecule has 1 heterocycles. The van der Waals surface area contributed by atoms with Gasteiger partial charge in [0, 0.05) is 17.8 Å². The van der Waals surface area contributed by atoms with Crippen molar-refractivity contribution in [3.63, 3.8) is 0 Å². The Morgan fingerprint density at radius 1 is 1.08 bits per heavy atom. The molecule has 1 unspecified atom stereocenters. The molecule has 136 valence electrons. The minimum Gasteiger partial charge on any atom is -0.486 e. The zero-order valence-corrected chi connectivity index (χ0v) is 14.5. The molecule has 2 aliphatic rings. The number of rotatable bonds is 4. The summed E-state index contributed by atoms with van der Waals surface area (Å²) in [6.45, 7) is 2.75. The summed E-state index contributed by atoms with van der Waals surface area (Å²) >= 11 is 0. The third-order valence-electron chi connectivity index (χ3n) is 4.50. The van der Waals surface area contributed by atoms with Crippen molar-refractivity contribution in [3.8, 4) is 11.5 Å². The standard InChI is InChI=1S/C18H25N3O4/c1-12(17(22)21-18(23)20-13-5-3-2-4-6-13)19-14-7-8-15-16(11-14)25-10-9-24-15/h7-8,11-13,19H,2-6,9-10H2,1H3,(H2,20,21,22,23). The van der Waals surface area contributed by atoms with Gasteiger partial charge in [-0.25, -0.2) is 4.79 Å². The molecular formula is C18H25N3O4. The van der Waals surface area contributed by atoms with Crippen molar-refractivity contribution < 1.29 is 19.1 Å². The van der Waals surface area contributed by atoms with Crippen LogP contribution in [0.15, 0.2) is 18.2 Å². The first kappa shape index (κ1) is 17.4. The van der Waals surface area contributed by atoms with E-state index >= 15 is 0 Å². The molecule has 1 atom stereocenters. The monoisotopic (exact) mass is 347 g/mol. The van der Waals surface area contributed by atoms with Crippen LogP contribution in [-0.2, 0) is 4.79 Å². The summed E-state index contributed by atoms with van der Waals surface area (Å²) in [6, 6.07) is 4.60. The quantitative estimate of drug-likeness (QED) is 0.778. The van der Waals surface area contributed by atoms with Gasteiger partial charge < -0.3 is 20.1 Å². The van der Waals surface area contributed by atoms with E-state index in [1.807, 2.05) is 6.07 Å². The fourth-order valence-electron chi connectivity index (χ4n) is 3.14. The van der Waals surface area contributed by atoms with E-state index < -0.39 is 12.1 Å². The van der Waals surface area contributed by atoms with Gasteiger partial charge in [0.1, 0.15) is 19.3 Å². The van der Waals surface area contributed by atoms with Crippen LogP contribution < -0.4 is 25.4 Å². The Hall–Kier alpha value is -2.44. The third kappa shape index (κ3) is 4.78. The predicted octanol–water partition coefficient (Wildman–Crippen LogP) is 2.42. The van der Waals surface area contributed by atoms with E-state index in [9.17, 15) is 9.59 Å². The molecule has 0 radical (unpaired) electrons. The Morgan fingerprint density at radius 2 is 1.80 bits per heavy atom. The zero-order valence-electron chi connectivity index (χ0n) is 14.5. The van der Waals surface area contributed by atoms with Crippen LogP contribution in [0.2, 0.25) is 0 Å².